The number of anilines is 1. The first-order valence-corrected chi connectivity index (χ1v) is 8.83. The highest BCUT2D eigenvalue weighted by Crippen LogP contribution is 2.30. The number of aromatic nitrogens is 3. The summed E-state index contributed by atoms with van der Waals surface area (Å²) in [7, 11) is 0. The van der Waals surface area contributed by atoms with Crippen LogP contribution in [0.1, 0.15) is 5.89 Å². The predicted molar refractivity (Wildman–Crippen MR) is 105 cm³/mol. The zero-order valence-electron chi connectivity index (χ0n) is 14.5. The predicted octanol–water partition coefficient (Wildman–Crippen LogP) is 4.50. The van der Waals surface area contributed by atoms with Crippen molar-refractivity contribution in [2.75, 3.05) is 11.9 Å². The van der Waals surface area contributed by atoms with Crippen molar-refractivity contribution in [1.82, 2.24) is 15.1 Å². The van der Waals surface area contributed by atoms with Gasteiger partial charge in [-0.25, -0.2) is 0 Å². The molecule has 2 aromatic heterocycles. The lowest BCUT2D eigenvalue weighted by atomic mass is 10.1. The number of pyridine rings is 1. The first kappa shape index (κ1) is 17.9. The maximum absolute atomic E-state index is 11.2. The van der Waals surface area contributed by atoms with Crippen LogP contribution in [0.5, 0.6) is 0 Å². The Morgan fingerprint density at radius 1 is 1.11 bits per heavy atom. The lowest BCUT2D eigenvalue weighted by Gasteiger charge is -2.08. The molecule has 0 unspecified atom stereocenters. The summed E-state index contributed by atoms with van der Waals surface area (Å²) in [5, 5.41) is 20.3. The van der Waals surface area contributed by atoms with Gasteiger partial charge < -0.3 is 9.84 Å². The minimum atomic E-state index is -0.412. The molecule has 140 valence electrons. The molecule has 0 bridgehead atoms. The van der Waals surface area contributed by atoms with Crippen molar-refractivity contribution in [1.29, 1.82) is 0 Å². The van der Waals surface area contributed by atoms with Gasteiger partial charge in [0.05, 0.1) is 10.3 Å². The Morgan fingerprint density at radius 3 is 2.71 bits per heavy atom. The molecule has 0 aliphatic heterocycles. The zero-order chi connectivity index (χ0) is 19.5. The van der Waals surface area contributed by atoms with E-state index in [0.29, 0.717) is 35.1 Å². The molecular formula is C19H14ClN5O3. The van der Waals surface area contributed by atoms with Gasteiger partial charge in [-0.1, -0.05) is 16.8 Å². The summed E-state index contributed by atoms with van der Waals surface area (Å²) in [5.74, 6) is 0.990. The van der Waals surface area contributed by atoms with Crippen LogP contribution < -0.4 is 5.32 Å². The van der Waals surface area contributed by atoms with Crippen molar-refractivity contribution in [2.24, 2.45) is 0 Å². The number of hydrogen-bond acceptors (Lipinski definition) is 7. The first-order chi connectivity index (χ1) is 13.6. The van der Waals surface area contributed by atoms with Crippen molar-refractivity contribution >= 4 is 33.7 Å². The smallest absolute Gasteiger partial charge is 0.278 e. The molecule has 9 heteroatoms. The Bertz CT molecular complexity index is 1140. The average Bonchev–Trinajstić information content (AvgIpc) is 3.17. The SMILES string of the molecule is O=[N+]([O-])c1ccc(NCCc2nc(-c3ccc(Cl)cc3)no2)c2ccncc12. The molecule has 2 aromatic carbocycles. The average molecular weight is 396 g/mol. The van der Waals surface area contributed by atoms with Gasteiger partial charge in [-0.05, 0) is 36.4 Å². The standard InChI is InChI=1S/C19H14ClN5O3/c20-13-3-1-12(2-4-13)19-23-18(28-24-19)8-10-22-16-5-6-17(25(26)27)15-11-21-9-7-14(15)16/h1-7,9,11,22H,8,10H2. The maximum atomic E-state index is 11.2. The van der Waals surface area contributed by atoms with E-state index < -0.39 is 4.92 Å². The third-order valence-electron chi connectivity index (χ3n) is 4.22. The number of nitrogens with zero attached hydrogens (tertiary/aromatic N) is 4. The van der Waals surface area contributed by atoms with E-state index in [1.165, 1.54) is 12.3 Å². The van der Waals surface area contributed by atoms with Crippen molar-refractivity contribution in [3.8, 4) is 11.4 Å². The topological polar surface area (TPSA) is 107 Å². The molecule has 1 N–H and O–H groups in total. The summed E-state index contributed by atoms with van der Waals surface area (Å²) in [4.78, 5) is 19.1. The van der Waals surface area contributed by atoms with Crippen LogP contribution in [0.15, 0.2) is 59.4 Å². The molecule has 4 rings (SSSR count). The summed E-state index contributed by atoms with van der Waals surface area (Å²) < 4.78 is 5.29. The van der Waals surface area contributed by atoms with Gasteiger partial charge in [-0.15, -0.1) is 0 Å². The maximum Gasteiger partial charge on any atom is 0.278 e. The number of nitro groups is 1. The minimum absolute atomic E-state index is 0.0261. The van der Waals surface area contributed by atoms with Crippen molar-refractivity contribution in [3.05, 3.63) is 75.9 Å². The molecular weight excluding hydrogens is 382 g/mol. The molecule has 0 spiro atoms. The third kappa shape index (κ3) is 3.63. The van der Waals surface area contributed by atoms with Crippen LogP contribution in [0.3, 0.4) is 0 Å². The fraction of sp³-hybridized carbons (Fsp3) is 0.105. The molecule has 0 fully saturated rings. The lowest BCUT2D eigenvalue weighted by Crippen LogP contribution is -2.06. The molecule has 0 amide bonds. The van der Waals surface area contributed by atoms with Crippen LogP contribution in [-0.4, -0.2) is 26.6 Å². The summed E-state index contributed by atoms with van der Waals surface area (Å²) in [5.41, 5.74) is 1.62. The van der Waals surface area contributed by atoms with E-state index in [-0.39, 0.29) is 5.69 Å². The van der Waals surface area contributed by atoms with Gasteiger partial charge >= 0.3 is 0 Å². The number of rotatable bonds is 6. The molecule has 0 radical (unpaired) electrons. The molecule has 28 heavy (non-hydrogen) atoms. The van der Waals surface area contributed by atoms with Gasteiger partial charge in [0.1, 0.15) is 0 Å². The van der Waals surface area contributed by atoms with Crippen molar-refractivity contribution in [3.63, 3.8) is 0 Å². The second kappa shape index (κ2) is 7.61. The van der Waals surface area contributed by atoms with Crippen LogP contribution in [0.25, 0.3) is 22.2 Å². The summed E-state index contributed by atoms with van der Waals surface area (Å²) in [6.45, 7) is 0.525. The van der Waals surface area contributed by atoms with E-state index in [0.717, 1.165) is 16.6 Å². The van der Waals surface area contributed by atoms with Gasteiger partial charge in [-0.3, -0.25) is 15.1 Å². The number of nitrogens with one attached hydrogen (secondary N) is 1. The monoisotopic (exact) mass is 395 g/mol. The van der Waals surface area contributed by atoms with E-state index in [2.05, 4.69) is 20.4 Å². The molecule has 0 aliphatic rings. The third-order valence-corrected chi connectivity index (χ3v) is 4.47. The van der Waals surface area contributed by atoms with E-state index in [9.17, 15) is 10.1 Å². The Hall–Kier alpha value is -3.52. The highest BCUT2D eigenvalue weighted by molar-refractivity contribution is 6.30. The van der Waals surface area contributed by atoms with E-state index in [1.54, 1.807) is 30.5 Å². The van der Waals surface area contributed by atoms with Crippen LogP contribution in [0, 0.1) is 10.1 Å². The van der Waals surface area contributed by atoms with Gasteiger partial charge in [0.15, 0.2) is 0 Å². The van der Waals surface area contributed by atoms with Crippen molar-refractivity contribution in [2.45, 2.75) is 6.42 Å². The summed E-state index contributed by atoms with van der Waals surface area (Å²) in [6.07, 6.45) is 3.60. The Morgan fingerprint density at radius 2 is 1.93 bits per heavy atom. The van der Waals surface area contributed by atoms with Crippen LogP contribution in [-0.2, 0) is 6.42 Å². The van der Waals surface area contributed by atoms with Gasteiger partial charge in [-0.2, -0.15) is 4.98 Å². The number of non-ortho nitro benzene ring substituents is 1. The summed E-state index contributed by atoms with van der Waals surface area (Å²) >= 11 is 5.89. The number of hydrogen-bond donors (Lipinski definition) is 1. The van der Waals surface area contributed by atoms with Crippen LogP contribution in [0.4, 0.5) is 11.4 Å². The largest absolute Gasteiger partial charge is 0.384 e. The molecule has 0 saturated heterocycles. The molecule has 4 aromatic rings. The Balaban J connectivity index is 1.47. The fourth-order valence-electron chi connectivity index (χ4n) is 2.87. The summed E-state index contributed by atoms with van der Waals surface area (Å²) in [6, 6.07) is 12.1. The first-order valence-electron chi connectivity index (χ1n) is 8.45. The fourth-order valence-corrected chi connectivity index (χ4v) is 2.99. The number of benzene rings is 2. The van der Waals surface area contributed by atoms with Gasteiger partial charge in [0.25, 0.3) is 5.69 Å². The Kier molecular flexibility index (Phi) is 4.86. The van der Waals surface area contributed by atoms with Gasteiger partial charge in [0, 0.05) is 53.1 Å². The number of halogens is 1. The van der Waals surface area contributed by atoms with Gasteiger partial charge in [0.2, 0.25) is 11.7 Å². The normalized spacial score (nSPS) is 10.9. The molecule has 0 saturated carbocycles. The Labute approximate surface area is 164 Å². The van der Waals surface area contributed by atoms with Crippen LogP contribution in [0.2, 0.25) is 5.02 Å². The molecule has 8 nitrogen and oxygen atoms in total. The number of fused-ring (bicyclic) bond motifs is 1. The van der Waals surface area contributed by atoms with Crippen LogP contribution >= 0.6 is 11.6 Å². The number of nitro benzene ring substituents is 1. The van der Waals surface area contributed by atoms with E-state index in [4.69, 9.17) is 16.1 Å². The van der Waals surface area contributed by atoms with E-state index in [1.807, 2.05) is 12.1 Å². The van der Waals surface area contributed by atoms with E-state index >= 15 is 0 Å². The second-order valence-electron chi connectivity index (χ2n) is 6.01. The van der Waals surface area contributed by atoms with Crippen molar-refractivity contribution < 1.29 is 9.45 Å². The molecule has 0 aliphatic carbocycles. The molecule has 2 heterocycles. The minimum Gasteiger partial charge on any atom is -0.384 e. The molecule has 0 atom stereocenters. The second-order valence-corrected chi connectivity index (χ2v) is 6.44. The highest BCUT2D eigenvalue weighted by atomic mass is 35.5. The zero-order valence-corrected chi connectivity index (χ0v) is 15.3. The highest BCUT2D eigenvalue weighted by Gasteiger charge is 2.14. The quantitative estimate of drug-likeness (QED) is 0.378. The lowest BCUT2D eigenvalue weighted by molar-refractivity contribution is -0.383.